The van der Waals surface area contributed by atoms with E-state index in [1.807, 2.05) is 4.90 Å². The molecular weight excluding hydrogens is 246 g/mol. The number of oxime groups is 1. The molecule has 0 aromatic carbocycles. The van der Waals surface area contributed by atoms with Crippen LogP contribution in [0.1, 0.15) is 25.7 Å². The van der Waals surface area contributed by atoms with E-state index >= 15 is 0 Å². The molecule has 7 nitrogen and oxygen atoms in total. The smallest absolute Gasteiger partial charge is 0.317 e. The molecule has 108 valence electrons. The second kappa shape index (κ2) is 6.60. The van der Waals surface area contributed by atoms with Gasteiger partial charge in [-0.05, 0) is 25.7 Å². The van der Waals surface area contributed by atoms with Crippen LogP contribution in [0.5, 0.6) is 0 Å². The number of piperidine rings is 1. The molecule has 0 aromatic heterocycles. The fraction of sp³-hybridized carbons (Fsp3) is 0.833. The van der Waals surface area contributed by atoms with Crippen molar-refractivity contribution in [2.75, 3.05) is 32.7 Å². The van der Waals surface area contributed by atoms with E-state index in [9.17, 15) is 4.79 Å². The average Bonchev–Trinajstić information content (AvgIpc) is 2.95. The molecule has 4 N–H and O–H groups in total. The molecular formula is C12H23N5O2. The first kappa shape index (κ1) is 13.9. The Bertz CT molecular complexity index is 333. The zero-order valence-electron chi connectivity index (χ0n) is 11.2. The topological polar surface area (TPSA) is 94.2 Å². The lowest BCUT2D eigenvalue weighted by Crippen LogP contribution is -2.49. The van der Waals surface area contributed by atoms with Crippen molar-refractivity contribution in [3.8, 4) is 0 Å². The average molecular weight is 269 g/mol. The summed E-state index contributed by atoms with van der Waals surface area (Å²) in [6.07, 6.45) is 4.06. The fourth-order valence-corrected chi connectivity index (χ4v) is 2.68. The van der Waals surface area contributed by atoms with E-state index < -0.39 is 0 Å². The van der Waals surface area contributed by atoms with Gasteiger partial charge >= 0.3 is 6.03 Å². The minimum absolute atomic E-state index is 0.0763. The van der Waals surface area contributed by atoms with E-state index in [2.05, 4.69) is 15.4 Å². The highest BCUT2D eigenvalue weighted by Crippen LogP contribution is 2.12. The van der Waals surface area contributed by atoms with Gasteiger partial charge in [-0.25, -0.2) is 4.79 Å². The normalized spacial score (nSPS) is 22.7. The van der Waals surface area contributed by atoms with Gasteiger partial charge in [0.1, 0.15) is 0 Å². The Labute approximate surface area is 113 Å². The van der Waals surface area contributed by atoms with Gasteiger partial charge in [0.2, 0.25) is 0 Å². The lowest BCUT2D eigenvalue weighted by atomic mass is 10.1. The number of hydrogen-bond donors (Lipinski definition) is 3. The van der Waals surface area contributed by atoms with Crippen molar-refractivity contribution in [3.63, 3.8) is 0 Å². The molecule has 0 radical (unpaired) electrons. The first-order valence-electron chi connectivity index (χ1n) is 6.93. The van der Waals surface area contributed by atoms with Crippen LogP contribution in [0.15, 0.2) is 5.16 Å². The minimum atomic E-state index is 0.0763. The molecule has 0 aliphatic carbocycles. The lowest BCUT2D eigenvalue weighted by molar-refractivity contribution is 0.185. The Morgan fingerprint density at radius 3 is 2.47 bits per heavy atom. The molecule has 2 aliphatic heterocycles. The summed E-state index contributed by atoms with van der Waals surface area (Å²) in [5, 5.41) is 14.6. The fourth-order valence-electron chi connectivity index (χ4n) is 2.68. The van der Waals surface area contributed by atoms with Gasteiger partial charge in [-0.3, -0.25) is 4.90 Å². The second-order valence-electron chi connectivity index (χ2n) is 5.29. The predicted octanol–water partition coefficient (Wildman–Crippen LogP) is 0.00260. The van der Waals surface area contributed by atoms with E-state index in [0.29, 0.717) is 6.54 Å². The highest BCUT2D eigenvalue weighted by molar-refractivity contribution is 5.81. The van der Waals surface area contributed by atoms with E-state index in [-0.39, 0.29) is 17.9 Å². The van der Waals surface area contributed by atoms with Crippen molar-refractivity contribution in [2.45, 2.75) is 31.7 Å². The van der Waals surface area contributed by atoms with Gasteiger partial charge < -0.3 is 21.2 Å². The van der Waals surface area contributed by atoms with Crippen molar-refractivity contribution in [2.24, 2.45) is 10.9 Å². The molecule has 2 heterocycles. The van der Waals surface area contributed by atoms with Crippen molar-refractivity contribution in [3.05, 3.63) is 0 Å². The molecule has 2 aliphatic rings. The number of nitrogens with two attached hydrogens (primary N) is 1. The maximum absolute atomic E-state index is 11.9. The van der Waals surface area contributed by atoms with Crippen molar-refractivity contribution >= 4 is 11.9 Å². The molecule has 0 atom stereocenters. The third-order valence-electron chi connectivity index (χ3n) is 3.82. The van der Waals surface area contributed by atoms with E-state index in [0.717, 1.165) is 51.9 Å². The number of amides is 2. The Kier molecular flexibility index (Phi) is 4.84. The molecule has 0 unspecified atom stereocenters. The standard InChI is InChI=1S/C12H23N5O2/c13-11(15-19)9-16-7-3-10(4-8-16)14-12(18)17-5-1-2-6-17/h10,19H,1-9H2,(H2,13,15)(H,14,18). The molecule has 19 heavy (non-hydrogen) atoms. The van der Waals surface area contributed by atoms with Crippen LogP contribution in [0.4, 0.5) is 4.79 Å². The summed E-state index contributed by atoms with van der Waals surface area (Å²) in [6.45, 7) is 3.98. The van der Waals surface area contributed by atoms with Crippen molar-refractivity contribution < 1.29 is 10.0 Å². The number of carbonyl (C=O) groups is 1. The number of nitrogens with zero attached hydrogens (tertiary/aromatic N) is 3. The first-order valence-corrected chi connectivity index (χ1v) is 6.93. The zero-order chi connectivity index (χ0) is 13.7. The van der Waals surface area contributed by atoms with E-state index in [1.54, 1.807) is 0 Å². The summed E-state index contributed by atoms with van der Waals surface area (Å²) in [5.74, 6) is 0.236. The maximum atomic E-state index is 11.9. The maximum Gasteiger partial charge on any atom is 0.317 e. The number of amidine groups is 1. The van der Waals surface area contributed by atoms with Gasteiger partial charge in [0, 0.05) is 32.2 Å². The van der Waals surface area contributed by atoms with Gasteiger partial charge in [0.05, 0.1) is 6.54 Å². The monoisotopic (exact) mass is 269 g/mol. The van der Waals surface area contributed by atoms with Gasteiger partial charge in [0.15, 0.2) is 5.84 Å². The lowest BCUT2D eigenvalue weighted by Gasteiger charge is -2.32. The molecule has 2 rings (SSSR count). The third kappa shape index (κ3) is 3.99. The van der Waals surface area contributed by atoms with Gasteiger partial charge in [0.25, 0.3) is 0 Å². The van der Waals surface area contributed by atoms with Crippen molar-refractivity contribution in [1.29, 1.82) is 0 Å². The van der Waals surface area contributed by atoms with Gasteiger partial charge in [-0.1, -0.05) is 5.16 Å². The largest absolute Gasteiger partial charge is 0.409 e. The number of carbonyl (C=O) groups excluding carboxylic acids is 1. The van der Waals surface area contributed by atoms with Gasteiger partial charge in [-0.15, -0.1) is 0 Å². The Morgan fingerprint density at radius 2 is 1.89 bits per heavy atom. The summed E-state index contributed by atoms with van der Waals surface area (Å²) < 4.78 is 0. The summed E-state index contributed by atoms with van der Waals surface area (Å²) in [7, 11) is 0. The minimum Gasteiger partial charge on any atom is -0.409 e. The highest BCUT2D eigenvalue weighted by Gasteiger charge is 2.24. The molecule has 2 fully saturated rings. The molecule has 2 saturated heterocycles. The highest BCUT2D eigenvalue weighted by atomic mass is 16.4. The predicted molar refractivity (Wildman–Crippen MR) is 72.2 cm³/mol. The summed E-state index contributed by atoms with van der Waals surface area (Å²) in [4.78, 5) is 16.0. The number of likely N-dealkylation sites (tertiary alicyclic amines) is 2. The summed E-state index contributed by atoms with van der Waals surface area (Å²) >= 11 is 0. The summed E-state index contributed by atoms with van der Waals surface area (Å²) in [5.41, 5.74) is 5.48. The second-order valence-corrected chi connectivity index (χ2v) is 5.29. The Hall–Kier alpha value is -1.50. The van der Waals surface area contributed by atoms with Crippen LogP contribution in [0.2, 0.25) is 0 Å². The molecule has 0 spiro atoms. The zero-order valence-corrected chi connectivity index (χ0v) is 11.2. The van der Waals surface area contributed by atoms with Gasteiger partial charge in [-0.2, -0.15) is 0 Å². The van der Waals surface area contributed by atoms with Crippen LogP contribution in [-0.2, 0) is 0 Å². The van der Waals surface area contributed by atoms with Crippen LogP contribution >= 0.6 is 0 Å². The van der Waals surface area contributed by atoms with Crippen LogP contribution in [0, 0.1) is 0 Å². The molecule has 7 heteroatoms. The molecule has 0 aromatic rings. The van der Waals surface area contributed by atoms with Crippen LogP contribution in [0.25, 0.3) is 0 Å². The Morgan fingerprint density at radius 1 is 1.26 bits per heavy atom. The SMILES string of the molecule is NC(CN1CCC(NC(=O)N2CCCC2)CC1)=NO. The quantitative estimate of drug-likeness (QED) is 0.291. The van der Waals surface area contributed by atoms with E-state index in [1.165, 1.54) is 0 Å². The summed E-state index contributed by atoms with van der Waals surface area (Å²) in [6, 6.07) is 0.323. The van der Waals surface area contributed by atoms with Crippen molar-refractivity contribution in [1.82, 2.24) is 15.1 Å². The number of rotatable bonds is 3. The number of nitrogens with one attached hydrogen (secondary N) is 1. The Balaban J connectivity index is 1.69. The first-order chi connectivity index (χ1) is 9.19. The van der Waals surface area contributed by atoms with Crippen LogP contribution < -0.4 is 11.1 Å². The van der Waals surface area contributed by atoms with Crippen LogP contribution in [-0.4, -0.2) is 65.6 Å². The van der Waals surface area contributed by atoms with E-state index in [4.69, 9.17) is 10.9 Å². The van der Waals surface area contributed by atoms with Crippen LogP contribution in [0.3, 0.4) is 0 Å². The third-order valence-corrected chi connectivity index (χ3v) is 3.82. The molecule has 0 saturated carbocycles. The molecule has 0 bridgehead atoms. The number of urea groups is 1. The molecule has 2 amide bonds. The number of hydrogen-bond acceptors (Lipinski definition) is 4.